The van der Waals surface area contributed by atoms with Crippen LogP contribution in [0.3, 0.4) is 0 Å². The Morgan fingerprint density at radius 3 is 1.33 bits per heavy atom. The summed E-state index contributed by atoms with van der Waals surface area (Å²) < 4.78 is 0. The topological polar surface area (TPSA) is 63.2 Å². The van der Waals surface area contributed by atoms with Gasteiger partial charge in [0, 0.05) is 0 Å². The first-order valence-electron chi connectivity index (χ1n) is 0.612. The van der Waals surface area contributed by atoms with Gasteiger partial charge in [-0.15, -0.1) is 0 Å². The first-order chi connectivity index (χ1) is 1.73. The van der Waals surface area contributed by atoms with Crippen LogP contribution in [-0.2, 0) is 20.4 Å². The number of rotatable bonds is 0. The molecule has 0 unspecified atom stereocenters. The van der Waals surface area contributed by atoms with E-state index in [1.54, 1.807) is 0 Å². The van der Waals surface area contributed by atoms with E-state index in [1.807, 2.05) is 0 Å². The van der Waals surface area contributed by atoms with Gasteiger partial charge in [0.1, 0.15) is 0 Å². The number of carbonyl (C=O) groups excluding carboxylic acids is 1. The predicted molar refractivity (Wildman–Crippen MR) is 13.9 cm³/mol. The zero-order chi connectivity index (χ0) is 3.58. The Labute approximate surface area is 88.8 Å². The molecule has 0 fully saturated rings. The molecule has 0 amide bonds. The Morgan fingerprint density at radius 1 is 1.33 bits per heavy atom. The molecule has 0 bridgehead atoms. The van der Waals surface area contributed by atoms with Gasteiger partial charge in [0.2, 0.25) is 0 Å². The molecule has 0 aliphatic carbocycles. The average Bonchev–Trinajstić information content (AvgIpc) is 0.811. The Hall–Kier alpha value is 1.50. The summed E-state index contributed by atoms with van der Waals surface area (Å²) >= 11 is 0. The van der Waals surface area contributed by atoms with Crippen molar-refractivity contribution in [2.45, 2.75) is 0 Å². The van der Waals surface area contributed by atoms with Gasteiger partial charge in [-0.3, -0.25) is 0 Å². The first kappa shape index (κ1) is 15.6. The monoisotopic (exact) mass is 306 g/mol. The summed E-state index contributed by atoms with van der Waals surface area (Å²) in [5.41, 5.74) is 0. The van der Waals surface area contributed by atoms with E-state index in [0.29, 0.717) is 0 Å². The van der Waals surface area contributed by atoms with E-state index in [0.717, 1.165) is 0 Å². The smallest absolute Gasteiger partial charge is 2.00 e. The van der Waals surface area contributed by atoms with E-state index < -0.39 is 6.16 Å². The van der Waals surface area contributed by atoms with Crippen LogP contribution in [0.15, 0.2) is 0 Å². The minimum Gasteiger partial charge on any atom is 2.00 e. The van der Waals surface area contributed by atoms with Crippen LogP contribution in [0.25, 0.3) is 0 Å². The molecule has 0 heterocycles. The van der Waals surface area contributed by atoms with Crippen molar-refractivity contribution < 1.29 is 35.4 Å². The summed E-state index contributed by atoms with van der Waals surface area (Å²) in [6, 6.07) is 0. The zero-order valence-electron chi connectivity index (χ0n) is 2.04. The van der Waals surface area contributed by atoms with Crippen molar-refractivity contribution in [1.82, 2.24) is 0 Å². The Kier molecular flexibility index (Phi) is 25.3. The van der Waals surface area contributed by atoms with Crippen molar-refractivity contribution >= 4 is 55.0 Å². The molecule has 0 saturated heterocycles. The van der Waals surface area contributed by atoms with Crippen molar-refractivity contribution in [3.05, 3.63) is 0 Å². The van der Waals surface area contributed by atoms with Crippen molar-refractivity contribution in [2.24, 2.45) is 0 Å². The maximum atomic E-state index is 8.33. The molecule has 6 heavy (non-hydrogen) atoms. The third-order valence-electron chi connectivity index (χ3n) is 0. The molecule has 0 aromatic heterocycles. The van der Waals surface area contributed by atoms with Gasteiger partial charge >= 0.3 is 69.3 Å². The molecule has 0 radical (unpaired) electrons. The second-order valence-electron chi connectivity index (χ2n) is 0.250. The number of carboxylic acid groups (broad SMARTS) is 2. The fourth-order valence-electron chi connectivity index (χ4n) is 0. The van der Waals surface area contributed by atoms with Crippen LogP contribution in [0.4, 0.5) is 4.79 Å². The predicted octanol–water partition coefficient (Wildman–Crippen LogP) is -3.37. The van der Waals surface area contributed by atoms with Gasteiger partial charge in [-0.25, -0.2) is 0 Å². The van der Waals surface area contributed by atoms with Crippen LogP contribution >= 0.6 is 0 Å². The second kappa shape index (κ2) is 9.71. The SMILES string of the molecule is O=C([O-])[O-].[BaH2].[Pd+2]. The van der Waals surface area contributed by atoms with Gasteiger partial charge in [0.25, 0.3) is 0 Å². The molecule has 0 aliphatic rings. The molecular formula is CH2BaO3Pd. The Morgan fingerprint density at radius 2 is 1.33 bits per heavy atom. The maximum absolute atomic E-state index is 8.33. The summed E-state index contributed by atoms with van der Waals surface area (Å²) in [4.78, 5) is 8.33. The van der Waals surface area contributed by atoms with E-state index in [-0.39, 0.29) is 69.3 Å². The van der Waals surface area contributed by atoms with Crippen molar-refractivity contribution in [3.8, 4) is 0 Å². The van der Waals surface area contributed by atoms with Gasteiger partial charge in [-0.2, -0.15) is 0 Å². The summed E-state index contributed by atoms with van der Waals surface area (Å²) in [5.74, 6) is 0. The first-order valence-corrected chi connectivity index (χ1v) is 0.612. The van der Waals surface area contributed by atoms with Crippen molar-refractivity contribution in [1.29, 1.82) is 0 Å². The number of carbonyl (C=O) groups is 1. The van der Waals surface area contributed by atoms with Crippen LogP contribution in [0.5, 0.6) is 0 Å². The molecule has 36 valence electrons. The van der Waals surface area contributed by atoms with Crippen LogP contribution in [0.2, 0.25) is 0 Å². The van der Waals surface area contributed by atoms with E-state index in [2.05, 4.69) is 0 Å². The van der Waals surface area contributed by atoms with Gasteiger partial charge in [0.15, 0.2) is 0 Å². The van der Waals surface area contributed by atoms with Gasteiger partial charge in [0.05, 0.1) is 0 Å². The Bertz CT molecular complexity index is 33.8. The third-order valence-corrected chi connectivity index (χ3v) is 0. The molecule has 0 aromatic carbocycles. The third kappa shape index (κ3) is 49.4. The van der Waals surface area contributed by atoms with Gasteiger partial charge in [-0.1, -0.05) is 0 Å². The number of hydrogen-bond acceptors (Lipinski definition) is 3. The Balaban J connectivity index is -0.0000000450. The fourth-order valence-corrected chi connectivity index (χ4v) is 0. The minimum atomic E-state index is -2.33. The molecular weight excluding hydrogens is 304 g/mol. The zero-order valence-corrected chi connectivity index (χ0v) is 3.60. The van der Waals surface area contributed by atoms with Crippen LogP contribution < -0.4 is 10.2 Å². The second-order valence-corrected chi connectivity index (χ2v) is 0.250. The average molecular weight is 306 g/mol. The summed E-state index contributed by atoms with van der Waals surface area (Å²) in [6.45, 7) is 0. The molecule has 0 rings (SSSR count). The standard InChI is InChI=1S/CH2O3.Ba.Pd.2H/c2-1(3)4;;;;/h(H2,2,3,4);;;;/q;;+2;;/p-2. The summed E-state index contributed by atoms with van der Waals surface area (Å²) in [6.07, 6.45) is -2.33. The molecule has 0 spiro atoms. The van der Waals surface area contributed by atoms with Gasteiger partial charge < -0.3 is 15.0 Å². The van der Waals surface area contributed by atoms with Crippen molar-refractivity contribution in [3.63, 3.8) is 0 Å². The van der Waals surface area contributed by atoms with E-state index >= 15 is 0 Å². The number of hydrogen-bond donors (Lipinski definition) is 0. The fraction of sp³-hybridized carbons (Fsp3) is 0. The van der Waals surface area contributed by atoms with Gasteiger partial charge in [-0.05, 0) is 6.16 Å². The minimum absolute atomic E-state index is 0. The molecule has 0 atom stereocenters. The van der Waals surface area contributed by atoms with Crippen LogP contribution in [0.1, 0.15) is 0 Å². The van der Waals surface area contributed by atoms with E-state index in [1.165, 1.54) is 0 Å². The summed E-state index contributed by atoms with van der Waals surface area (Å²) in [5, 5.41) is 16.7. The van der Waals surface area contributed by atoms with E-state index in [9.17, 15) is 0 Å². The van der Waals surface area contributed by atoms with Crippen LogP contribution in [0, 0.1) is 0 Å². The molecule has 3 nitrogen and oxygen atoms in total. The molecule has 5 heteroatoms. The van der Waals surface area contributed by atoms with Crippen molar-refractivity contribution in [2.75, 3.05) is 0 Å². The summed E-state index contributed by atoms with van der Waals surface area (Å²) in [7, 11) is 0. The molecule has 0 aliphatic heterocycles. The van der Waals surface area contributed by atoms with E-state index in [4.69, 9.17) is 15.0 Å². The van der Waals surface area contributed by atoms with Crippen LogP contribution in [-0.4, -0.2) is 55.0 Å². The molecule has 0 aromatic rings. The molecule has 0 N–H and O–H groups in total. The largest absolute Gasteiger partial charge is 2.00 e. The normalized spacial score (nSPS) is 4.00. The maximum Gasteiger partial charge on any atom is 2.00 e. The quantitative estimate of drug-likeness (QED) is 0.439. The molecule has 0 saturated carbocycles.